The first-order chi connectivity index (χ1) is 17.7. The Morgan fingerprint density at radius 2 is 1.49 bits per heavy atom. The van der Waals surface area contributed by atoms with Crippen LogP contribution in [0.3, 0.4) is 0 Å². The van der Waals surface area contributed by atoms with Gasteiger partial charge in [0.1, 0.15) is 12.3 Å². The quantitative estimate of drug-likeness (QED) is 0.318. The maximum absolute atomic E-state index is 13.6. The van der Waals surface area contributed by atoms with Crippen molar-refractivity contribution in [2.75, 3.05) is 34.3 Å². The van der Waals surface area contributed by atoms with Crippen molar-refractivity contribution in [1.29, 1.82) is 0 Å². The van der Waals surface area contributed by atoms with Crippen molar-refractivity contribution >= 4 is 27.0 Å². The molecule has 0 N–H and O–H groups in total. The monoisotopic (exact) mass is 522 g/mol. The molecule has 0 spiro atoms. The lowest BCUT2D eigenvalue weighted by molar-refractivity contribution is -0.132. The Bertz CT molecular complexity index is 1540. The van der Waals surface area contributed by atoms with E-state index in [1.54, 1.807) is 29.2 Å². The van der Waals surface area contributed by atoms with E-state index in [2.05, 4.69) is 0 Å². The molecule has 0 radical (unpaired) electrons. The molecule has 0 aliphatic rings. The molecule has 4 rings (SSSR count). The van der Waals surface area contributed by atoms with Crippen molar-refractivity contribution in [2.45, 2.75) is 18.0 Å². The molecular weight excluding hydrogens is 492 g/mol. The zero-order chi connectivity index (χ0) is 26.6. The summed E-state index contributed by atoms with van der Waals surface area (Å²) in [4.78, 5) is 30.7. The predicted molar refractivity (Wildman–Crippen MR) is 142 cm³/mol. The van der Waals surface area contributed by atoms with Crippen LogP contribution < -0.4 is 10.4 Å². The van der Waals surface area contributed by atoms with Gasteiger partial charge in [-0.05, 0) is 56.1 Å². The van der Waals surface area contributed by atoms with Crippen molar-refractivity contribution in [3.8, 4) is 5.75 Å². The van der Waals surface area contributed by atoms with Crippen molar-refractivity contribution in [3.63, 3.8) is 0 Å². The molecule has 0 atom stereocenters. The van der Waals surface area contributed by atoms with Gasteiger partial charge in [0, 0.05) is 19.6 Å². The lowest BCUT2D eigenvalue weighted by Gasteiger charge is -2.25. The van der Waals surface area contributed by atoms with Gasteiger partial charge in [0.15, 0.2) is 0 Å². The number of carbonyl (C=O) groups is 1. The molecular formula is C27H30N4O5S. The van der Waals surface area contributed by atoms with Crippen LogP contribution in [0.5, 0.6) is 5.75 Å². The highest BCUT2D eigenvalue weighted by molar-refractivity contribution is 7.90. The first-order valence-electron chi connectivity index (χ1n) is 11.8. The highest BCUT2D eigenvalue weighted by atomic mass is 32.2. The normalized spacial score (nSPS) is 11.7. The summed E-state index contributed by atoms with van der Waals surface area (Å²) in [6.07, 6.45) is 0. The van der Waals surface area contributed by atoms with Crippen LogP contribution in [0.2, 0.25) is 0 Å². The Hall–Kier alpha value is -3.89. The zero-order valence-electron chi connectivity index (χ0n) is 21.1. The number of rotatable bonds is 10. The number of methoxy groups -OCH3 is 1. The number of hydrogen-bond acceptors (Lipinski definition) is 6. The van der Waals surface area contributed by atoms with Gasteiger partial charge in [-0.25, -0.2) is 13.2 Å². The number of benzene rings is 3. The van der Waals surface area contributed by atoms with Crippen LogP contribution in [0.4, 0.5) is 0 Å². The molecule has 1 amide bonds. The van der Waals surface area contributed by atoms with E-state index in [1.165, 1.54) is 35.9 Å². The number of nitrogens with zero attached hydrogens (tertiary/aromatic N) is 4. The van der Waals surface area contributed by atoms with Gasteiger partial charge in [-0.2, -0.15) is 3.97 Å². The van der Waals surface area contributed by atoms with E-state index >= 15 is 0 Å². The summed E-state index contributed by atoms with van der Waals surface area (Å²) in [6, 6.07) is 22.0. The van der Waals surface area contributed by atoms with Crippen LogP contribution in [0.1, 0.15) is 5.56 Å². The fourth-order valence-corrected chi connectivity index (χ4v) is 5.48. The minimum absolute atomic E-state index is 0.0543. The standard InChI is InChI=1S/C27H30N4O5S/c1-28(2)17-18-29(19-21-9-5-4-6-10-21)26(32)20-30-24-11-7-8-12-25(24)31(27(30)33)37(34,35)23-15-13-22(36-3)14-16-23/h4-16H,17-20H2,1-3H3. The summed E-state index contributed by atoms with van der Waals surface area (Å²) in [7, 11) is 1.10. The molecule has 9 nitrogen and oxygen atoms in total. The average molecular weight is 523 g/mol. The SMILES string of the molecule is COc1ccc(S(=O)(=O)n2c(=O)n(CC(=O)N(CCN(C)C)Cc3ccccc3)c3ccccc32)cc1. The number of ether oxygens (including phenoxy) is 1. The zero-order valence-corrected chi connectivity index (χ0v) is 21.9. The van der Waals surface area contributed by atoms with Crippen LogP contribution in [0, 0.1) is 0 Å². The molecule has 0 saturated heterocycles. The second-order valence-corrected chi connectivity index (χ2v) is 10.7. The summed E-state index contributed by atoms with van der Waals surface area (Å²) < 4.78 is 34.2. The van der Waals surface area contributed by atoms with Crippen LogP contribution in [-0.4, -0.2) is 67.0 Å². The highest BCUT2D eigenvalue weighted by Crippen LogP contribution is 2.22. The summed E-state index contributed by atoms with van der Waals surface area (Å²) in [5, 5.41) is 0. The number of aromatic nitrogens is 2. The Balaban J connectivity index is 1.73. The molecule has 0 unspecified atom stereocenters. The van der Waals surface area contributed by atoms with Crippen LogP contribution in [-0.2, 0) is 27.9 Å². The van der Waals surface area contributed by atoms with Gasteiger partial charge in [0.25, 0.3) is 10.0 Å². The predicted octanol–water partition coefficient (Wildman–Crippen LogP) is 2.64. The lowest BCUT2D eigenvalue weighted by Crippen LogP contribution is -2.40. The topological polar surface area (TPSA) is 93.8 Å². The van der Waals surface area contributed by atoms with Crippen molar-refractivity contribution in [1.82, 2.24) is 18.3 Å². The van der Waals surface area contributed by atoms with Gasteiger partial charge in [0.2, 0.25) is 5.91 Å². The van der Waals surface area contributed by atoms with E-state index in [9.17, 15) is 18.0 Å². The number of amides is 1. The van der Waals surface area contributed by atoms with Gasteiger partial charge >= 0.3 is 5.69 Å². The van der Waals surface area contributed by atoms with Gasteiger partial charge < -0.3 is 14.5 Å². The third-order valence-electron chi connectivity index (χ3n) is 6.07. The number of imidazole rings is 1. The number of fused-ring (bicyclic) bond motifs is 1. The fraction of sp³-hybridized carbons (Fsp3) is 0.259. The maximum Gasteiger partial charge on any atom is 0.343 e. The number of para-hydroxylation sites is 2. The van der Waals surface area contributed by atoms with E-state index in [4.69, 9.17) is 4.74 Å². The average Bonchev–Trinajstić information content (AvgIpc) is 3.18. The van der Waals surface area contributed by atoms with Crippen LogP contribution >= 0.6 is 0 Å². The van der Waals surface area contributed by atoms with Crippen molar-refractivity contribution in [2.24, 2.45) is 0 Å². The van der Waals surface area contributed by atoms with Crippen LogP contribution in [0.15, 0.2) is 88.6 Å². The number of likely N-dealkylation sites (N-methyl/N-ethyl adjacent to an activating group) is 1. The molecule has 0 bridgehead atoms. The van der Waals surface area contributed by atoms with E-state index in [0.717, 1.165) is 9.54 Å². The van der Waals surface area contributed by atoms with Gasteiger partial charge in [-0.15, -0.1) is 0 Å². The van der Waals surface area contributed by atoms with Crippen LogP contribution in [0.25, 0.3) is 11.0 Å². The molecule has 194 valence electrons. The number of hydrogen-bond donors (Lipinski definition) is 0. The van der Waals surface area contributed by atoms with Gasteiger partial charge in [-0.1, -0.05) is 42.5 Å². The van der Waals surface area contributed by atoms with Gasteiger partial charge in [0.05, 0.1) is 23.0 Å². The summed E-state index contributed by atoms with van der Waals surface area (Å²) in [6.45, 7) is 1.19. The summed E-state index contributed by atoms with van der Waals surface area (Å²) in [5.41, 5.74) is 0.744. The first-order valence-corrected chi connectivity index (χ1v) is 13.2. The van der Waals surface area contributed by atoms with Gasteiger partial charge in [-0.3, -0.25) is 9.36 Å². The third kappa shape index (κ3) is 5.60. The second-order valence-electron chi connectivity index (χ2n) is 8.91. The first kappa shape index (κ1) is 26.2. The van der Waals surface area contributed by atoms with Crippen molar-refractivity contribution in [3.05, 3.63) is 94.9 Å². The van der Waals surface area contributed by atoms with Crippen molar-refractivity contribution < 1.29 is 17.9 Å². The molecule has 1 heterocycles. The molecule has 37 heavy (non-hydrogen) atoms. The summed E-state index contributed by atoms with van der Waals surface area (Å²) in [5.74, 6) is 0.216. The second kappa shape index (κ2) is 11.0. The van der Waals surface area contributed by atoms with E-state index in [1.807, 2.05) is 49.3 Å². The molecule has 0 fully saturated rings. The third-order valence-corrected chi connectivity index (χ3v) is 7.77. The number of carbonyl (C=O) groups excluding carboxylic acids is 1. The van der Waals surface area contributed by atoms with E-state index < -0.39 is 15.7 Å². The summed E-state index contributed by atoms with van der Waals surface area (Å²) >= 11 is 0. The molecule has 4 aromatic rings. The molecule has 0 aliphatic heterocycles. The Morgan fingerprint density at radius 3 is 2.11 bits per heavy atom. The molecule has 0 aliphatic carbocycles. The molecule has 3 aromatic carbocycles. The highest BCUT2D eigenvalue weighted by Gasteiger charge is 2.27. The fourth-order valence-electron chi connectivity index (χ4n) is 4.07. The maximum atomic E-state index is 13.6. The molecule has 0 saturated carbocycles. The Labute approximate surface area is 216 Å². The molecule has 1 aromatic heterocycles. The Kier molecular flexibility index (Phi) is 7.80. The minimum atomic E-state index is -4.23. The molecule has 10 heteroatoms. The largest absolute Gasteiger partial charge is 0.497 e. The van der Waals surface area contributed by atoms with E-state index in [0.29, 0.717) is 30.9 Å². The lowest BCUT2D eigenvalue weighted by atomic mass is 10.2. The Morgan fingerprint density at radius 1 is 0.865 bits per heavy atom. The van der Waals surface area contributed by atoms with E-state index in [-0.39, 0.29) is 22.9 Å². The minimum Gasteiger partial charge on any atom is -0.497 e. The smallest absolute Gasteiger partial charge is 0.343 e.